The van der Waals surface area contributed by atoms with Gasteiger partial charge >= 0.3 is 0 Å². The van der Waals surface area contributed by atoms with Crippen molar-refractivity contribution in [1.29, 1.82) is 0 Å². The average molecular weight is 245 g/mol. The van der Waals surface area contributed by atoms with Crippen LogP contribution in [0.1, 0.15) is 32.1 Å². The van der Waals surface area contributed by atoms with Crippen molar-refractivity contribution in [1.82, 2.24) is 4.90 Å². The minimum Gasteiger partial charge on any atom is -0.281 e. The number of nitrogens with zero attached hydrogens (tertiary/aromatic N) is 1. The second kappa shape index (κ2) is 4.71. The number of rotatable bonds is 2. The Labute approximate surface area is 108 Å². The van der Waals surface area contributed by atoms with E-state index in [-0.39, 0.29) is 23.7 Å². The van der Waals surface area contributed by atoms with Crippen LogP contribution in [0.2, 0.25) is 0 Å². The van der Waals surface area contributed by atoms with Crippen LogP contribution in [0.25, 0.3) is 0 Å². The smallest absolute Gasteiger partial charge is 0.237 e. The fraction of sp³-hybridized carbons (Fsp3) is 0.600. The molecule has 0 bridgehead atoms. The lowest BCUT2D eigenvalue weighted by Crippen LogP contribution is -2.36. The SMILES string of the molecule is O=C1C2C=CC=CC2C(=O)N1CC1CCCCC1. The van der Waals surface area contributed by atoms with Crippen LogP contribution in [-0.4, -0.2) is 23.3 Å². The van der Waals surface area contributed by atoms with Gasteiger partial charge in [0.1, 0.15) is 0 Å². The summed E-state index contributed by atoms with van der Waals surface area (Å²) >= 11 is 0. The summed E-state index contributed by atoms with van der Waals surface area (Å²) < 4.78 is 0. The average Bonchev–Trinajstić information content (AvgIpc) is 2.66. The highest BCUT2D eigenvalue weighted by atomic mass is 16.2. The van der Waals surface area contributed by atoms with Crippen LogP contribution in [0.5, 0.6) is 0 Å². The van der Waals surface area contributed by atoms with Gasteiger partial charge in [-0.3, -0.25) is 14.5 Å². The van der Waals surface area contributed by atoms with Gasteiger partial charge in [0.05, 0.1) is 11.8 Å². The Hall–Kier alpha value is -1.38. The van der Waals surface area contributed by atoms with Gasteiger partial charge in [-0.1, -0.05) is 43.6 Å². The number of hydrogen-bond acceptors (Lipinski definition) is 2. The fourth-order valence-electron chi connectivity index (χ4n) is 3.36. The van der Waals surface area contributed by atoms with E-state index < -0.39 is 0 Å². The molecule has 3 aliphatic rings. The van der Waals surface area contributed by atoms with Gasteiger partial charge in [0.15, 0.2) is 0 Å². The molecule has 1 saturated heterocycles. The zero-order chi connectivity index (χ0) is 12.5. The Kier molecular flexibility index (Phi) is 3.06. The molecular formula is C15H19NO2. The van der Waals surface area contributed by atoms with Gasteiger partial charge in [-0.25, -0.2) is 0 Å². The summed E-state index contributed by atoms with van der Waals surface area (Å²) in [5.41, 5.74) is 0. The molecule has 1 heterocycles. The van der Waals surface area contributed by atoms with Crippen LogP contribution in [0.15, 0.2) is 24.3 Å². The number of allylic oxidation sites excluding steroid dienone is 2. The second-order valence-electron chi connectivity index (χ2n) is 5.61. The second-order valence-corrected chi connectivity index (χ2v) is 5.61. The van der Waals surface area contributed by atoms with Crippen LogP contribution in [0.4, 0.5) is 0 Å². The lowest BCUT2D eigenvalue weighted by atomic mass is 9.89. The third-order valence-electron chi connectivity index (χ3n) is 4.40. The summed E-state index contributed by atoms with van der Waals surface area (Å²) in [7, 11) is 0. The molecule has 3 rings (SSSR count). The summed E-state index contributed by atoms with van der Waals surface area (Å²) in [6.07, 6.45) is 13.6. The van der Waals surface area contributed by atoms with E-state index in [9.17, 15) is 9.59 Å². The van der Waals surface area contributed by atoms with Crippen molar-refractivity contribution >= 4 is 11.8 Å². The minimum absolute atomic E-state index is 0.0103. The summed E-state index contributed by atoms with van der Waals surface area (Å²) in [4.78, 5) is 26.0. The van der Waals surface area contributed by atoms with Gasteiger partial charge in [-0.15, -0.1) is 0 Å². The first kappa shape index (κ1) is 11.7. The third-order valence-corrected chi connectivity index (χ3v) is 4.40. The van der Waals surface area contributed by atoms with Gasteiger partial charge in [0.25, 0.3) is 0 Å². The number of imide groups is 1. The summed E-state index contributed by atoms with van der Waals surface area (Å²) in [5.74, 6) is 0.0873. The van der Waals surface area contributed by atoms with Gasteiger partial charge in [0.2, 0.25) is 11.8 Å². The third kappa shape index (κ3) is 1.92. The lowest BCUT2D eigenvalue weighted by molar-refractivity contribution is -0.140. The molecule has 2 unspecified atom stereocenters. The fourth-order valence-corrected chi connectivity index (χ4v) is 3.36. The van der Waals surface area contributed by atoms with Gasteiger partial charge < -0.3 is 0 Å². The zero-order valence-electron chi connectivity index (χ0n) is 10.5. The lowest BCUT2D eigenvalue weighted by Gasteiger charge is -2.25. The molecule has 0 aromatic rings. The molecule has 0 aromatic heterocycles. The minimum atomic E-state index is -0.230. The molecule has 0 radical (unpaired) electrons. The molecule has 0 spiro atoms. The first-order valence-electron chi connectivity index (χ1n) is 6.97. The quantitative estimate of drug-likeness (QED) is 0.700. The predicted octanol–water partition coefficient (Wildman–Crippen LogP) is 2.29. The molecule has 3 nitrogen and oxygen atoms in total. The maximum absolute atomic E-state index is 12.2. The highest BCUT2D eigenvalue weighted by Gasteiger charge is 2.45. The molecule has 2 atom stereocenters. The number of carbonyl (C=O) groups is 2. The van der Waals surface area contributed by atoms with E-state index in [1.807, 2.05) is 24.3 Å². The first-order chi connectivity index (χ1) is 8.77. The van der Waals surface area contributed by atoms with E-state index in [0.717, 1.165) is 12.8 Å². The molecule has 2 amide bonds. The largest absolute Gasteiger partial charge is 0.281 e. The van der Waals surface area contributed by atoms with Crippen molar-refractivity contribution in [3.8, 4) is 0 Å². The topological polar surface area (TPSA) is 37.4 Å². The Bertz CT molecular complexity index is 388. The number of carbonyl (C=O) groups excluding carboxylic acids is 2. The number of likely N-dealkylation sites (tertiary alicyclic amines) is 1. The summed E-state index contributed by atoms with van der Waals surface area (Å²) in [6, 6.07) is 0. The molecule has 2 fully saturated rings. The summed E-state index contributed by atoms with van der Waals surface area (Å²) in [6.45, 7) is 0.645. The zero-order valence-corrected chi connectivity index (χ0v) is 10.5. The normalized spacial score (nSPS) is 32.1. The molecule has 2 aliphatic carbocycles. The van der Waals surface area contributed by atoms with Crippen LogP contribution < -0.4 is 0 Å². The van der Waals surface area contributed by atoms with Crippen molar-refractivity contribution < 1.29 is 9.59 Å². The molecule has 18 heavy (non-hydrogen) atoms. The maximum atomic E-state index is 12.2. The van der Waals surface area contributed by atoms with Crippen molar-refractivity contribution in [3.63, 3.8) is 0 Å². The van der Waals surface area contributed by atoms with Crippen molar-refractivity contribution in [2.45, 2.75) is 32.1 Å². The Morgan fingerprint density at radius 3 is 2.06 bits per heavy atom. The standard InChI is InChI=1S/C15H19NO2/c17-14-12-8-4-5-9-13(12)15(18)16(14)10-11-6-2-1-3-7-11/h4-5,8-9,11-13H,1-3,6-7,10H2. The molecule has 0 aromatic carbocycles. The number of amides is 2. The van der Waals surface area contributed by atoms with E-state index in [2.05, 4.69) is 0 Å². The highest BCUT2D eigenvalue weighted by molar-refractivity contribution is 6.07. The van der Waals surface area contributed by atoms with Crippen LogP contribution in [-0.2, 0) is 9.59 Å². The first-order valence-corrected chi connectivity index (χ1v) is 6.97. The van der Waals surface area contributed by atoms with Crippen LogP contribution in [0.3, 0.4) is 0 Å². The maximum Gasteiger partial charge on any atom is 0.237 e. The molecule has 0 N–H and O–H groups in total. The highest BCUT2D eigenvalue weighted by Crippen LogP contribution is 2.33. The van der Waals surface area contributed by atoms with Crippen LogP contribution in [0, 0.1) is 17.8 Å². The van der Waals surface area contributed by atoms with Crippen molar-refractivity contribution in [2.75, 3.05) is 6.54 Å². The molecular weight excluding hydrogens is 226 g/mol. The Balaban J connectivity index is 1.72. The van der Waals surface area contributed by atoms with Crippen molar-refractivity contribution in [2.24, 2.45) is 17.8 Å². The van der Waals surface area contributed by atoms with E-state index in [1.165, 1.54) is 24.2 Å². The van der Waals surface area contributed by atoms with Gasteiger partial charge in [0, 0.05) is 6.54 Å². The molecule has 3 heteroatoms. The Morgan fingerprint density at radius 1 is 0.944 bits per heavy atom. The van der Waals surface area contributed by atoms with Crippen molar-refractivity contribution in [3.05, 3.63) is 24.3 Å². The molecule has 1 aliphatic heterocycles. The summed E-state index contributed by atoms with van der Waals surface area (Å²) in [5, 5.41) is 0. The predicted molar refractivity (Wildman–Crippen MR) is 68.6 cm³/mol. The van der Waals surface area contributed by atoms with E-state index in [0.29, 0.717) is 12.5 Å². The monoisotopic (exact) mass is 245 g/mol. The Morgan fingerprint density at radius 2 is 1.50 bits per heavy atom. The van der Waals surface area contributed by atoms with E-state index in [4.69, 9.17) is 0 Å². The van der Waals surface area contributed by atoms with E-state index in [1.54, 1.807) is 0 Å². The van der Waals surface area contributed by atoms with Crippen LogP contribution >= 0.6 is 0 Å². The molecule has 1 saturated carbocycles. The van der Waals surface area contributed by atoms with E-state index >= 15 is 0 Å². The number of fused-ring (bicyclic) bond motifs is 1. The molecule has 96 valence electrons. The van der Waals surface area contributed by atoms with Gasteiger partial charge in [-0.2, -0.15) is 0 Å². The number of hydrogen-bond donors (Lipinski definition) is 0. The van der Waals surface area contributed by atoms with Gasteiger partial charge in [-0.05, 0) is 18.8 Å².